The molecule has 0 saturated carbocycles. The van der Waals surface area contributed by atoms with E-state index in [1.165, 1.54) is 15.1 Å². The van der Waals surface area contributed by atoms with Gasteiger partial charge in [0.1, 0.15) is 18.1 Å². The quantitative estimate of drug-likeness (QED) is 0.684. The third-order valence-corrected chi connectivity index (χ3v) is 6.42. The Labute approximate surface area is 175 Å². The normalized spacial score (nSPS) is 15.8. The van der Waals surface area contributed by atoms with Crippen LogP contribution in [0.5, 0.6) is 5.75 Å². The lowest BCUT2D eigenvalue weighted by molar-refractivity contribution is -0.117. The van der Waals surface area contributed by atoms with Gasteiger partial charge in [-0.1, -0.05) is 12.1 Å². The van der Waals surface area contributed by atoms with Gasteiger partial charge < -0.3 is 10.1 Å². The molecule has 1 fully saturated rings. The number of hydrogen-bond donors (Lipinski definition) is 1. The largest absolute Gasteiger partial charge is 0.492 e. The van der Waals surface area contributed by atoms with Crippen molar-refractivity contribution in [3.63, 3.8) is 0 Å². The maximum atomic E-state index is 12.6. The molecule has 0 radical (unpaired) electrons. The smallest absolute Gasteiger partial charge is 0.346 e. The molecule has 1 saturated heterocycles. The minimum atomic E-state index is -3.22. The number of carbonyl (C=O) groups excluding carboxylic acids is 1. The van der Waals surface area contributed by atoms with E-state index in [1.807, 2.05) is 13.0 Å². The van der Waals surface area contributed by atoms with Crippen molar-refractivity contribution in [3.05, 3.63) is 40.6 Å². The van der Waals surface area contributed by atoms with Gasteiger partial charge in [-0.05, 0) is 31.9 Å². The maximum Gasteiger partial charge on any atom is 0.346 e. The van der Waals surface area contributed by atoms with Crippen LogP contribution in [0, 0.1) is 0 Å². The number of nitrogens with one attached hydrogen (secondary N) is 1. The molecule has 1 amide bonds. The molecule has 30 heavy (non-hydrogen) atoms. The van der Waals surface area contributed by atoms with E-state index in [-0.39, 0.29) is 24.1 Å². The van der Waals surface area contributed by atoms with E-state index >= 15 is 0 Å². The Hall–Kier alpha value is -2.66. The van der Waals surface area contributed by atoms with Crippen molar-refractivity contribution < 1.29 is 17.9 Å². The monoisotopic (exact) mass is 437 g/mol. The third-order valence-electron chi connectivity index (χ3n) is 5.12. The van der Waals surface area contributed by atoms with Crippen LogP contribution in [0.2, 0.25) is 0 Å². The van der Waals surface area contributed by atoms with E-state index in [4.69, 9.17) is 4.74 Å². The summed E-state index contributed by atoms with van der Waals surface area (Å²) in [6.45, 7) is 2.87. The Morgan fingerprint density at radius 3 is 2.57 bits per heavy atom. The summed E-state index contributed by atoms with van der Waals surface area (Å²) in [5, 5.41) is 7.12. The molecule has 2 aromatic rings. The van der Waals surface area contributed by atoms with Crippen LogP contribution in [-0.2, 0) is 28.4 Å². The number of rotatable bonds is 7. The van der Waals surface area contributed by atoms with Crippen LogP contribution in [0.4, 0.5) is 5.69 Å². The van der Waals surface area contributed by atoms with E-state index < -0.39 is 10.0 Å². The second kappa shape index (κ2) is 9.00. The van der Waals surface area contributed by atoms with Gasteiger partial charge in [0.15, 0.2) is 0 Å². The zero-order valence-corrected chi connectivity index (χ0v) is 18.2. The summed E-state index contributed by atoms with van der Waals surface area (Å²) < 4.78 is 32.9. The topological polar surface area (TPSA) is 116 Å². The summed E-state index contributed by atoms with van der Waals surface area (Å²) >= 11 is 0. The lowest BCUT2D eigenvalue weighted by atomic mass is 9.97. The lowest BCUT2D eigenvalue weighted by Crippen LogP contribution is -2.37. The minimum absolute atomic E-state index is 0.0382. The summed E-state index contributed by atoms with van der Waals surface area (Å²) in [6.07, 6.45) is 2.34. The number of piperidine rings is 1. The zero-order valence-electron chi connectivity index (χ0n) is 17.4. The number of amides is 1. The number of aromatic nitrogens is 3. The molecule has 1 aliphatic rings. The van der Waals surface area contributed by atoms with E-state index in [0.717, 1.165) is 4.68 Å². The summed E-state index contributed by atoms with van der Waals surface area (Å²) in [6, 6.07) is 7.08. The van der Waals surface area contributed by atoms with Gasteiger partial charge in [-0.25, -0.2) is 22.2 Å². The Morgan fingerprint density at radius 2 is 1.93 bits per heavy atom. The van der Waals surface area contributed by atoms with Crippen molar-refractivity contribution in [2.75, 3.05) is 31.3 Å². The Morgan fingerprint density at radius 1 is 1.27 bits per heavy atom. The number of ether oxygens (including phenoxy) is 1. The Kier molecular flexibility index (Phi) is 6.61. The van der Waals surface area contributed by atoms with Gasteiger partial charge in [0.05, 0.1) is 18.6 Å². The predicted molar refractivity (Wildman–Crippen MR) is 112 cm³/mol. The highest BCUT2D eigenvalue weighted by atomic mass is 32.2. The first-order chi connectivity index (χ1) is 14.2. The average molecular weight is 438 g/mol. The molecule has 0 unspecified atom stereocenters. The van der Waals surface area contributed by atoms with Crippen molar-refractivity contribution in [1.29, 1.82) is 0 Å². The van der Waals surface area contributed by atoms with Crippen molar-refractivity contribution in [2.24, 2.45) is 7.05 Å². The van der Waals surface area contributed by atoms with Crippen molar-refractivity contribution in [1.82, 2.24) is 18.7 Å². The number of carbonyl (C=O) groups is 1. The second-order valence-electron chi connectivity index (χ2n) is 7.27. The van der Waals surface area contributed by atoms with E-state index in [9.17, 15) is 18.0 Å². The number of sulfonamides is 1. The summed E-state index contributed by atoms with van der Waals surface area (Å²) in [7, 11) is -1.60. The van der Waals surface area contributed by atoms with Gasteiger partial charge in [0.25, 0.3) is 0 Å². The van der Waals surface area contributed by atoms with Crippen molar-refractivity contribution >= 4 is 21.6 Å². The number of nitrogens with zero attached hydrogens (tertiary/aromatic N) is 4. The van der Waals surface area contributed by atoms with Gasteiger partial charge in [0.2, 0.25) is 15.9 Å². The average Bonchev–Trinajstić information content (AvgIpc) is 2.97. The van der Waals surface area contributed by atoms with E-state index in [1.54, 1.807) is 25.2 Å². The van der Waals surface area contributed by atoms with Crippen LogP contribution < -0.4 is 15.7 Å². The van der Waals surface area contributed by atoms with Gasteiger partial charge >= 0.3 is 5.69 Å². The van der Waals surface area contributed by atoms with Gasteiger partial charge in [-0.15, -0.1) is 0 Å². The van der Waals surface area contributed by atoms with E-state index in [2.05, 4.69) is 10.4 Å². The van der Waals surface area contributed by atoms with Crippen LogP contribution in [0.3, 0.4) is 0 Å². The molecule has 0 atom stereocenters. The van der Waals surface area contributed by atoms with Gasteiger partial charge in [-0.2, -0.15) is 5.10 Å². The number of anilines is 1. The molecule has 1 aromatic heterocycles. The second-order valence-corrected chi connectivity index (χ2v) is 9.25. The molecule has 10 nitrogen and oxygen atoms in total. The predicted octanol–water partition coefficient (Wildman–Crippen LogP) is 0.758. The van der Waals surface area contributed by atoms with Crippen LogP contribution in [0.1, 0.15) is 31.5 Å². The molecule has 0 aliphatic carbocycles. The first-order valence-corrected chi connectivity index (χ1v) is 11.7. The maximum absolute atomic E-state index is 12.6. The number of benzene rings is 1. The van der Waals surface area contributed by atoms with Crippen molar-refractivity contribution in [2.45, 2.75) is 32.2 Å². The highest BCUT2D eigenvalue weighted by molar-refractivity contribution is 7.88. The molecule has 3 rings (SSSR count). The van der Waals surface area contributed by atoms with Crippen molar-refractivity contribution in [3.8, 4) is 5.75 Å². The van der Waals surface area contributed by atoms with E-state index in [0.29, 0.717) is 49.8 Å². The summed E-state index contributed by atoms with van der Waals surface area (Å²) in [5.41, 5.74) is 0.144. The molecular weight excluding hydrogens is 410 g/mol. The molecule has 0 spiro atoms. The summed E-state index contributed by atoms with van der Waals surface area (Å²) in [4.78, 5) is 25.1. The van der Waals surface area contributed by atoms with Crippen LogP contribution in [0.15, 0.2) is 29.1 Å². The van der Waals surface area contributed by atoms with Gasteiger partial charge in [-0.3, -0.25) is 9.36 Å². The van der Waals surface area contributed by atoms with Crippen LogP contribution >= 0.6 is 0 Å². The number of para-hydroxylation sites is 2. The molecule has 1 N–H and O–H groups in total. The third kappa shape index (κ3) is 4.90. The minimum Gasteiger partial charge on any atom is -0.492 e. The highest BCUT2D eigenvalue weighted by Crippen LogP contribution is 2.27. The first-order valence-electron chi connectivity index (χ1n) is 9.81. The number of hydrogen-bond acceptors (Lipinski definition) is 6. The fraction of sp³-hybridized carbons (Fsp3) is 0.526. The highest BCUT2D eigenvalue weighted by Gasteiger charge is 2.29. The fourth-order valence-electron chi connectivity index (χ4n) is 3.59. The fourth-order valence-corrected chi connectivity index (χ4v) is 4.46. The Balaban J connectivity index is 1.70. The molecule has 164 valence electrons. The standard InChI is InChI=1S/C19H27N5O5S/c1-4-29-16-8-6-5-7-15(16)20-17(25)13-24-19(26)22(2)18(21-24)14-9-11-23(12-10-14)30(3,27)28/h5-8,14H,4,9-13H2,1-3H3,(H,20,25). The molecule has 2 heterocycles. The lowest BCUT2D eigenvalue weighted by Gasteiger charge is -2.29. The van der Waals surface area contributed by atoms with Crippen LogP contribution in [-0.4, -0.2) is 58.9 Å². The summed E-state index contributed by atoms with van der Waals surface area (Å²) in [5.74, 6) is 0.695. The van der Waals surface area contributed by atoms with Crippen LogP contribution in [0.25, 0.3) is 0 Å². The molecule has 0 bridgehead atoms. The molecule has 1 aliphatic heterocycles. The SMILES string of the molecule is CCOc1ccccc1NC(=O)Cn1nc(C2CCN(S(C)(=O)=O)CC2)n(C)c1=O. The zero-order chi connectivity index (χ0) is 21.9. The first kappa shape index (κ1) is 22.0. The Bertz CT molecular complexity index is 1070. The molecule has 11 heteroatoms. The molecule has 1 aromatic carbocycles. The van der Waals surface area contributed by atoms with Gasteiger partial charge in [0, 0.05) is 26.1 Å². The molecular formula is C19H27N5O5S.